The smallest absolute Gasteiger partial charge is 0.261 e. The molecule has 0 radical (unpaired) electrons. The summed E-state index contributed by atoms with van der Waals surface area (Å²) in [5.74, 6) is -0.339. The highest BCUT2D eigenvalue weighted by Crippen LogP contribution is 2.19. The van der Waals surface area contributed by atoms with Crippen molar-refractivity contribution in [2.45, 2.75) is 25.8 Å². The van der Waals surface area contributed by atoms with Gasteiger partial charge in [0.2, 0.25) is 5.91 Å². The third kappa shape index (κ3) is 4.91. The zero-order valence-electron chi connectivity index (χ0n) is 17.3. The first-order valence-electron chi connectivity index (χ1n) is 10.5. The van der Waals surface area contributed by atoms with Gasteiger partial charge < -0.3 is 15.2 Å². The summed E-state index contributed by atoms with van der Waals surface area (Å²) in [5.41, 5.74) is 3.69. The van der Waals surface area contributed by atoms with Crippen molar-refractivity contribution < 1.29 is 9.59 Å². The van der Waals surface area contributed by atoms with Gasteiger partial charge in [0.25, 0.3) is 11.5 Å². The van der Waals surface area contributed by atoms with Crippen LogP contribution in [0.1, 0.15) is 34.3 Å². The Morgan fingerprint density at radius 3 is 2.45 bits per heavy atom. The number of carbonyl (C=O) groups is 2. The topological polar surface area (TPSA) is 82.3 Å². The predicted octanol–water partition coefficient (Wildman–Crippen LogP) is 3.14. The molecule has 0 atom stereocenters. The maximum absolute atomic E-state index is 12.5. The van der Waals surface area contributed by atoms with E-state index < -0.39 is 11.5 Å². The molecule has 0 fully saturated rings. The highest BCUT2D eigenvalue weighted by molar-refractivity contribution is 5.94. The maximum Gasteiger partial charge on any atom is 0.261 e. The van der Waals surface area contributed by atoms with Crippen molar-refractivity contribution in [1.29, 1.82) is 0 Å². The number of aromatic nitrogens is 1. The SMILES string of the molecule is O=C(NCCCC(=O)N1CCc2ccccc2C1)c1ccc(-c2ccccc2)[nH]c1=O. The fraction of sp³-hybridized carbons (Fsp3) is 0.240. The summed E-state index contributed by atoms with van der Waals surface area (Å²) in [7, 11) is 0. The Hall–Kier alpha value is -3.67. The monoisotopic (exact) mass is 415 g/mol. The second-order valence-electron chi connectivity index (χ2n) is 7.67. The molecule has 0 unspecified atom stereocenters. The first-order chi connectivity index (χ1) is 15.1. The second-order valence-corrected chi connectivity index (χ2v) is 7.67. The molecule has 31 heavy (non-hydrogen) atoms. The van der Waals surface area contributed by atoms with Crippen LogP contribution < -0.4 is 10.9 Å². The molecule has 0 saturated carbocycles. The van der Waals surface area contributed by atoms with E-state index in [0.29, 0.717) is 31.6 Å². The molecule has 6 heteroatoms. The van der Waals surface area contributed by atoms with Crippen LogP contribution >= 0.6 is 0 Å². The molecule has 2 N–H and O–H groups in total. The highest BCUT2D eigenvalue weighted by Gasteiger charge is 2.20. The Labute approximate surface area is 180 Å². The summed E-state index contributed by atoms with van der Waals surface area (Å²) in [6, 6.07) is 20.9. The van der Waals surface area contributed by atoms with Gasteiger partial charge in [-0.3, -0.25) is 14.4 Å². The van der Waals surface area contributed by atoms with Crippen LogP contribution in [0.3, 0.4) is 0 Å². The number of aromatic amines is 1. The van der Waals surface area contributed by atoms with Crippen LogP contribution in [0.15, 0.2) is 71.5 Å². The van der Waals surface area contributed by atoms with E-state index in [-0.39, 0.29) is 11.5 Å². The molecule has 0 aliphatic carbocycles. The number of nitrogens with zero attached hydrogens (tertiary/aromatic N) is 1. The number of carbonyl (C=O) groups excluding carboxylic acids is 2. The van der Waals surface area contributed by atoms with Crippen LogP contribution in [0.4, 0.5) is 0 Å². The summed E-state index contributed by atoms with van der Waals surface area (Å²) in [4.78, 5) is 41.8. The zero-order chi connectivity index (χ0) is 21.6. The molecular weight excluding hydrogens is 390 g/mol. The molecule has 1 aliphatic heterocycles. The van der Waals surface area contributed by atoms with Crippen LogP contribution in [0, 0.1) is 0 Å². The van der Waals surface area contributed by atoms with E-state index in [1.807, 2.05) is 47.4 Å². The van der Waals surface area contributed by atoms with Gasteiger partial charge in [-0.05, 0) is 41.7 Å². The summed E-state index contributed by atoms with van der Waals surface area (Å²) < 4.78 is 0. The van der Waals surface area contributed by atoms with Gasteiger partial charge in [0, 0.05) is 31.7 Å². The number of nitrogens with one attached hydrogen (secondary N) is 2. The summed E-state index contributed by atoms with van der Waals surface area (Å²) in [6.07, 6.45) is 1.77. The minimum atomic E-state index is -0.430. The molecule has 2 amide bonds. The molecule has 158 valence electrons. The first-order valence-corrected chi connectivity index (χ1v) is 10.5. The number of fused-ring (bicyclic) bond motifs is 1. The fourth-order valence-corrected chi connectivity index (χ4v) is 3.84. The highest BCUT2D eigenvalue weighted by atomic mass is 16.2. The average Bonchev–Trinajstić information content (AvgIpc) is 2.81. The third-order valence-corrected chi connectivity index (χ3v) is 5.58. The van der Waals surface area contributed by atoms with E-state index in [0.717, 1.165) is 18.5 Å². The lowest BCUT2D eigenvalue weighted by Gasteiger charge is -2.29. The Kier molecular flexibility index (Phi) is 6.26. The molecule has 6 nitrogen and oxygen atoms in total. The van der Waals surface area contributed by atoms with E-state index >= 15 is 0 Å². The van der Waals surface area contributed by atoms with Crippen LogP contribution in [0.5, 0.6) is 0 Å². The van der Waals surface area contributed by atoms with Crippen molar-refractivity contribution in [1.82, 2.24) is 15.2 Å². The van der Waals surface area contributed by atoms with Gasteiger partial charge in [-0.2, -0.15) is 0 Å². The van der Waals surface area contributed by atoms with E-state index in [9.17, 15) is 14.4 Å². The Morgan fingerprint density at radius 1 is 0.935 bits per heavy atom. The Balaban J connectivity index is 1.26. The molecule has 2 aromatic carbocycles. The summed E-state index contributed by atoms with van der Waals surface area (Å²) >= 11 is 0. The number of amides is 2. The lowest BCUT2D eigenvalue weighted by Crippen LogP contribution is -2.36. The lowest BCUT2D eigenvalue weighted by atomic mass is 9.99. The molecular formula is C25H25N3O3. The number of pyridine rings is 1. The molecule has 0 spiro atoms. The number of hydrogen-bond donors (Lipinski definition) is 2. The van der Waals surface area contributed by atoms with Gasteiger partial charge in [0.15, 0.2) is 0 Å². The van der Waals surface area contributed by atoms with Crippen molar-refractivity contribution in [3.63, 3.8) is 0 Å². The van der Waals surface area contributed by atoms with Gasteiger partial charge in [0.05, 0.1) is 0 Å². The van der Waals surface area contributed by atoms with Gasteiger partial charge >= 0.3 is 0 Å². The van der Waals surface area contributed by atoms with Gasteiger partial charge in [0.1, 0.15) is 5.56 Å². The standard InChI is InChI=1S/C25H25N3O3/c29-23(28-16-14-18-7-4-5-10-20(18)17-28)11-6-15-26-24(30)21-12-13-22(27-25(21)31)19-8-2-1-3-9-19/h1-5,7-10,12-13H,6,11,14-17H2,(H,26,30)(H,27,31). The Bertz CT molecular complexity index is 1140. The number of rotatable bonds is 6. The van der Waals surface area contributed by atoms with E-state index in [4.69, 9.17) is 0 Å². The average molecular weight is 415 g/mol. The van der Waals surface area contributed by atoms with Gasteiger partial charge in [-0.25, -0.2) is 0 Å². The zero-order valence-corrected chi connectivity index (χ0v) is 17.3. The molecule has 2 heterocycles. The minimum Gasteiger partial charge on any atom is -0.352 e. The predicted molar refractivity (Wildman–Crippen MR) is 120 cm³/mol. The number of H-pyrrole nitrogens is 1. The van der Waals surface area contributed by atoms with E-state index in [1.165, 1.54) is 17.2 Å². The van der Waals surface area contributed by atoms with Crippen molar-refractivity contribution in [3.05, 3.63) is 93.8 Å². The minimum absolute atomic E-state index is 0.0682. The quantitative estimate of drug-likeness (QED) is 0.607. The molecule has 1 aliphatic rings. The van der Waals surface area contributed by atoms with Crippen LogP contribution in [-0.2, 0) is 17.8 Å². The molecule has 3 aromatic rings. The van der Waals surface area contributed by atoms with Crippen molar-refractivity contribution in [2.75, 3.05) is 13.1 Å². The molecule has 1 aromatic heterocycles. The Morgan fingerprint density at radius 2 is 1.68 bits per heavy atom. The normalized spacial score (nSPS) is 12.8. The van der Waals surface area contributed by atoms with Crippen LogP contribution in [0.25, 0.3) is 11.3 Å². The van der Waals surface area contributed by atoms with Gasteiger partial charge in [-0.15, -0.1) is 0 Å². The summed E-state index contributed by atoms with van der Waals surface area (Å²) in [5, 5.41) is 2.74. The largest absolute Gasteiger partial charge is 0.352 e. The molecule has 0 saturated heterocycles. The second kappa shape index (κ2) is 9.43. The lowest BCUT2D eigenvalue weighted by molar-refractivity contribution is -0.132. The van der Waals surface area contributed by atoms with Crippen molar-refractivity contribution in [2.24, 2.45) is 0 Å². The first kappa shape index (κ1) is 20.6. The van der Waals surface area contributed by atoms with Gasteiger partial charge in [-0.1, -0.05) is 54.6 Å². The number of hydrogen-bond acceptors (Lipinski definition) is 3. The van der Waals surface area contributed by atoms with E-state index in [1.54, 1.807) is 6.07 Å². The van der Waals surface area contributed by atoms with Crippen molar-refractivity contribution in [3.8, 4) is 11.3 Å². The maximum atomic E-state index is 12.5. The molecule has 0 bridgehead atoms. The molecule has 4 rings (SSSR count). The number of benzene rings is 2. The van der Waals surface area contributed by atoms with E-state index in [2.05, 4.69) is 22.4 Å². The van der Waals surface area contributed by atoms with Crippen LogP contribution in [-0.4, -0.2) is 34.8 Å². The van der Waals surface area contributed by atoms with Crippen LogP contribution in [0.2, 0.25) is 0 Å². The summed E-state index contributed by atoms with van der Waals surface area (Å²) in [6.45, 7) is 1.71. The van der Waals surface area contributed by atoms with Crippen molar-refractivity contribution >= 4 is 11.8 Å². The third-order valence-electron chi connectivity index (χ3n) is 5.58. The fourth-order valence-electron chi connectivity index (χ4n) is 3.84.